The Labute approximate surface area is 120 Å². The Balaban J connectivity index is 1.79. The van der Waals surface area contributed by atoms with Crippen molar-refractivity contribution >= 4 is 15.2 Å². The Bertz CT molecular complexity index is 640. The van der Waals surface area contributed by atoms with E-state index in [1.54, 1.807) is 0 Å². The smallest absolute Gasteiger partial charge is 0.217 e. The van der Waals surface area contributed by atoms with E-state index < -0.39 is 15.9 Å². The van der Waals surface area contributed by atoms with Crippen molar-refractivity contribution in [3.05, 3.63) is 30.3 Å². The number of ether oxygens (including phenoxy) is 1. The number of hydrogen-bond donors (Lipinski definition) is 0. The maximum atomic E-state index is 11.8. The van der Waals surface area contributed by atoms with Crippen LogP contribution in [0.25, 0.3) is 0 Å². The molecule has 0 radical (unpaired) electrons. The lowest BCUT2D eigenvalue weighted by molar-refractivity contribution is -0.0171. The summed E-state index contributed by atoms with van der Waals surface area (Å²) >= 11 is 0. The second-order valence-electron chi connectivity index (χ2n) is 6.55. The quantitative estimate of drug-likeness (QED) is 0.787. The Morgan fingerprint density at radius 2 is 1.65 bits per heavy atom. The van der Waals surface area contributed by atoms with Crippen LogP contribution in [-0.2, 0) is 10.3 Å². The van der Waals surface area contributed by atoms with Crippen LogP contribution >= 0.6 is 0 Å². The molecular weight excluding hydrogens is 272 g/mol. The van der Waals surface area contributed by atoms with Crippen molar-refractivity contribution in [2.75, 3.05) is 0 Å². The van der Waals surface area contributed by atoms with Gasteiger partial charge in [-0.15, -0.1) is 0 Å². The highest BCUT2D eigenvalue weighted by molar-refractivity contribution is 7.73. The first-order valence-corrected chi connectivity index (χ1v) is 8.44. The van der Waals surface area contributed by atoms with Gasteiger partial charge >= 0.3 is 0 Å². The molecule has 20 heavy (non-hydrogen) atoms. The van der Waals surface area contributed by atoms with Crippen LogP contribution in [-0.4, -0.2) is 18.9 Å². The van der Waals surface area contributed by atoms with Gasteiger partial charge in [-0.2, -0.15) is 8.42 Å². The average molecular weight is 290 g/mol. The molecule has 0 amide bonds. The lowest BCUT2D eigenvalue weighted by Gasteiger charge is -2.55. The Kier molecular flexibility index (Phi) is 2.71. The SMILES string of the molecule is O=S(=O)=C1C2CC3CC(C2)CC1(Oc1ccccc1)C3. The first-order valence-electron chi connectivity index (χ1n) is 7.37. The largest absolute Gasteiger partial charge is 0.482 e. The van der Waals surface area contributed by atoms with E-state index in [0.717, 1.165) is 31.4 Å². The molecule has 3 nitrogen and oxygen atoms in total. The van der Waals surface area contributed by atoms with Crippen molar-refractivity contribution in [1.29, 1.82) is 0 Å². The molecule has 1 aromatic rings. The zero-order valence-electron chi connectivity index (χ0n) is 11.3. The summed E-state index contributed by atoms with van der Waals surface area (Å²) in [6.07, 6.45) is 5.09. The fourth-order valence-corrected chi connectivity index (χ4v) is 5.81. The van der Waals surface area contributed by atoms with Gasteiger partial charge in [0.15, 0.2) is 0 Å². The summed E-state index contributed by atoms with van der Waals surface area (Å²) in [5, 5.41) is 0. The first kappa shape index (κ1) is 12.5. The normalized spacial score (nSPS) is 38.0. The molecule has 106 valence electrons. The molecular formula is C16H18O3S. The molecule has 4 saturated carbocycles. The Morgan fingerprint density at radius 1 is 1.00 bits per heavy atom. The van der Waals surface area contributed by atoms with Crippen molar-refractivity contribution in [2.24, 2.45) is 17.8 Å². The minimum atomic E-state index is -2.13. The summed E-state index contributed by atoms with van der Waals surface area (Å²) in [4.78, 5) is 0.647. The summed E-state index contributed by atoms with van der Waals surface area (Å²) in [5.41, 5.74) is -0.553. The zero-order chi connectivity index (χ0) is 13.7. The molecule has 4 aliphatic carbocycles. The maximum absolute atomic E-state index is 11.8. The topological polar surface area (TPSA) is 43.4 Å². The lowest BCUT2D eigenvalue weighted by Crippen LogP contribution is -2.61. The Hall–Kier alpha value is -1.29. The summed E-state index contributed by atoms with van der Waals surface area (Å²) in [6.45, 7) is 0. The van der Waals surface area contributed by atoms with Crippen molar-refractivity contribution in [1.82, 2.24) is 0 Å². The molecule has 1 aromatic carbocycles. The predicted molar refractivity (Wildman–Crippen MR) is 77.3 cm³/mol. The van der Waals surface area contributed by atoms with E-state index in [4.69, 9.17) is 4.74 Å². The van der Waals surface area contributed by atoms with Crippen molar-refractivity contribution in [3.8, 4) is 5.75 Å². The molecule has 0 saturated heterocycles. The van der Waals surface area contributed by atoms with Gasteiger partial charge in [-0.05, 0) is 62.0 Å². The fourth-order valence-electron chi connectivity index (χ4n) is 4.84. The molecule has 0 aromatic heterocycles. The van der Waals surface area contributed by atoms with Crippen LogP contribution in [0.5, 0.6) is 5.75 Å². The van der Waals surface area contributed by atoms with Gasteiger partial charge < -0.3 is 4.74 Å². The molecule has 4 fully saturated rings. The highest BCUT2D eigenvalue weighted by atomic mass is 32.2. The van der Waals surface area contributed by atoms with E-state index in [-0.39, 0.29) is 5.92 Å². The van der Waals surface area contributed by atoms with Gasteiger partial charge in [0.2, 0.25) is 10.3 Å². The molecule has 4 bridgehead atoms. The van der Waals surface area contributed by atoms with Crippen LogP contribution in [0, 0.1) is 17.8 Å². The summed E-state index contributed by atoms with van der Waals surface area (Å²) in [5.74, 6) is 2.30. The summed E-state index contributed by atoms with van der Waals surface area (Å²) < 4.78 is 29.8. The standard InChI is InChI=1S/C16H18O3S/c17-20(18)15-13-7-11-6-12(8-13)10-16(15,9-11)19-14-4-2-1-3-5-14/h1-5,11-13H,6-10H2. The zero-order valence-corrected chi connectivity index (χ0v) is 12.1. The van der Waals surface area contributed by atoms with Gasteiger partial charge in [0, 0.05) is 0 Å². The average Bonchev–Trinajstić information content (AvgIpc) is 2.37. The highest BCUT2D eigenvalue weighted by Crippen LogP contribution is 2.55. The molecule has 0 spiro atoms. The maximum Gasteiger partial charge on any atom is 0.217 e. The molecule has 4 aliphatic rings. The van der Waals surface area contributed by atoms with Crippen molar-refractivity contribution in [2.45, 2.75) is 37.7 Å². The van der Waals surface area contributed by atoms with Crippen LogP contribution in [0.3, 0.4) is 0 Å². The first-order chi connectivity index (χ1) is 9.66. The molecule has 4 heteroatoms. The van der Waals surface area contributed by atoms with E-state index >= 15 is 0 Å². The van der Waals surface area contributed by atoms with Gasteiger partial charge in [-0.1, -0.05) is 18.2 Å². The molecule has 5 rings (SSSR count). The Morgan fingerprint density at radius 3 is 2.25 bits per heavy atom. The van der Waals surface area contributed by atoms with Crippen LogP contribution in [0.1, 0.15) is 32.1 Å². The predicted octanol–water partition coefficient (Wildman–Crippen LogP) is 2.70. The van der Waals surface area contributed by atoms with Gasteiger partial charge in [-0.3, -0.25) is 0 Å². The number of para-hydroxylation sites is 1. The van der Waals surface area contributed by atoms with E-state index in [1.165, 1.54) is 6.42 Å². The van der Waals surface area contributed by atoms with Gasteiger partial charge in [-0.25, -0.2) is 0 Å². The molecule has 0 N–H and O–H groups in total. The number of rotatable bonds is 2. The van der Waals surface area contributed by atoms with Gasteiger partial charge in [0.1, 0.15) is 11.4 Å². The summed E-state index contributed by atoms with van der Waals surface area (Å²) in [7, 11) is -2.13. The monoisotopic (exact) mass is 290 g/mol. The second kappa shape index (κ2) is 4.35. The third-order valence-electron chi connectivity index (χ3n) is 5.20. The minimum absolute atomic E-state index is 0.225. The van der Waals surface area contributed by atoms with Crippen LogP contribution in [0.2, 0.25) is 0 Å². The van der Waals surface area contributed by atoms with Crippen LogP contribution in [0.15, 0.2) is 30.3 Å². The number of benzene rings is 1. The third kappa shape index (κ3) is 1.81. The van der Waals surface area contributed by atoms with Gasteiger partial charge in [0.05, 0.1) is 4.86 Å². The van der Waals surface area contributed by atoms with E-state index in [1.807, 2.05) is 30.3 Å². The molecule has 0 aliphatic heterocycles. The van der Waals surface area contributed by atoms with Crippen LogP contribution in [0.4, 0.5) is 0 Å². The van der Waals surface area contributed by atoms with Crippen molar-refractivity contribution < 1.29 is 13.2 Å². The summed E-state index contributed by atoms with van der Waals surface area (Å²) in [6, 6.07) is 9.66. The van der Waals surface area contributed by atoms with Gasteiger partial charge in [0.25, 0.3) is 0 Å². The van der Waals surface area contributed by atoms with E-state index in [2.05, 4.69) is 0 Å². The number of hydrogen-bond acceptors (Lipinski definition) is 3. The molecule has 0 heterocycles. The molecule has 2 atom stereocenters. The lowest BCUT2D eigenvalue weighted by atomic mass is 9.54. The van der Waals surface area contributed by atoms with Crippen LogP contribution < -0.4 is 4.74 Å². The third-order valence-corrected chi connectivity index (χ3v) is 6.26. The fraction of sp³-hybridized carbons (Fsp3) is 0.562. The molecule has 2 unspecified atom stereocenters. The highest BCUT2D eigenvalue weighted by Gasteiger charge is 2.57. The van der Waals surface area contributed by atoms with E-state index in [0.29, 0.717) is 16.7 Å². The second-order valence-corrected chi connectivity index (χ2v) is 7.46. The minimum Gasteiger partial charge on any atom is -0.482 e. The van der Waals surface area contributed by atoms with Crippen molar-refractivity contribution in [3.63, 3.8) is 0 Å². The van der Waals surface area contributed by atoms with E-state index in [9.17, 15) is 8.42 Å².